The highest BCUT2D eigenvalue weighted by molar-refractivity contribution is 8.01. The van der Waals surface area contributed by atoms with Crippen LogP contribution in [0.15, 0.2) is 46.8 Å². The second-order valence-corrected chi connectivity index (χ2v) is 9.23. The summed E-state index contributed by atoms with van der Waals surface area (Å²) in [6.07, 6.45) is 0. The second-order valence-electron chi connectivity index (χ2n) is 7.03. The molecule has 3 aromatic rings. The monoisotopic (exact) mass is 440 g/mol. The summed E-state index contributed by atoms with van der Waals surface area (Å²) < 4.78 is 6.02. The lowest BCUT2D eigenvalue weighted by molar-refractivity contribution is -0.118. The van der Waals surface area contributed by atoms with Crippen molar-refractivity contribution in [3.05, 3.63) is 53.6 Å². The summed E-state index contributed by atoms with van der Waals surface area (Å²) in [7, 11) is 0. The summed E-state index contributed by atoms with van der Waals surface area (Å²) in [5, 5.41) is 14.9. The van der Waals surface area contributed by atoms with Gasteiger partial charge in [0.2, 0.25) is 5.13 Å². The van der Waals surface area contributed by atoms with Gasteiger partial charge in [-0.05, 0) is 41.8 Å². The molecular formula is C21H20N4O3S2. The van der Waals surface area contributed by atoms with Gasteiger partial charge in [-0.3, -0.25) is 9.59 Å². The Labute approximate surface area is 182 Å². The van der Waals surface area contributed by atoms with E-state index in [0.717, 1.165) is 5.69 Å². The van der Waals surface area contributed by atoms with E-state index in [1.807, 2.05) is 12.1 Å². The van der Waals surface area contributed by atoms with Gasteiger partial charge in [0, 0.05) is 11.3 Å². The molecule has 1 aromatic heterocycles. The Bertz CT molecular complexity index is 1080. The minimum absolute atomic E-state index is 0.00850. The van der Waals surface area contributed by atoms with Gasteiger partial charge in [-0.1, -0.05) is 49.1 Å². The van der Waals surface area contributed by atoms with Gasteiger partial charge >= 0.3 is 0 Å². The number of thioether (sulfide) groups is 1. The normalized spacial score (nSPS) is 12.8. The van der Waals surface area contributed by atoms with Crippen molar-refractivity contribution in [2.75, 3.05) is 23.0 Å². The van der Waals surface area contributed by atoms with Crippen molar-refractivity contribution in [1.29, 1.82) is 0 Å². The Morgan fingerprint density at radius 3 is 2.80 bits per heavy atom. The number of aromatic nitrogens is 2. The van der Waals surface area contributed by atoms with Crippen molar-refractivity contribution in [2.45, 2.75) is 24.1 Å². The first-order chi connectivity index (χ1) is 14.5. The van der Waals surface area contributed by atoms with Crippen LogP contribution in [0.1, 0.15) is 35.7 Å². The standard InChI is InChI=1S/C21H20N4O3S2/c1-12(2)13-3-6-15(7-4-13)22-20-24-25-21(30-20)29-11-17(26)14-5-8-18-16(9-14)23-19(27)10-28-18/h3-9,12H,10-11H2,1-2H3,(H,22,24)(H,23,27). The van der Waals surface area contributed by atoms with Crippen molar-refractivity contribution < 1.29 is 14.3 Å². The van der Waals surface area contributed by atoms with Gasteiger partial charge in [0.1, 0.15) is 5.75 Å². The van der Waals surface area contributed by atoms with Crippen molar-refractivity contribution in [2.24, 2.45) is 0 Å². The first kappa shape index (κ1) is 20.4. The number of hydrogen-bond acceptors (Lipinski definition) is 8. The lowest BCUT2D eigenvalue weighted by atomic mass is 10.0. The van der Waals surface area contributed by atoms with E-state index >= 15 is 0 Å². The number of rotatable bonds is 7. The van der Waals surface area contributed by atoms with Crippen molar-refractivity contribution in [3.63, 3.8) is 0 Å². The zero-order chi connectivity index (χ0) is 21.1. The Balaban J connectivity index is 1.34. The van der Waals surface area contributed by atoms with Gasteiger partial charge < -0.3 is 15.4 Å². The van der Waals surface area contributed by atoms with Gasteiger partial charge in [-0.2, -0.15) is 0 Å². The molecule has 1 amide bonds. The number of fused-ring (bicyclic) bond motifs is 1. The molecule has 0 spiro atoms. The van der Waals surface area contributed by atoms with E-state index in [1.54, 1.807) is 18.2 Å². The zero-order valence-electron chi connectivity index (χ0n) is 16.5. The average molecular weight is 441 g/mol. The number of nitrogens with zero attached hydrogens (tertiary/aromatic N) is 2. The first-order valence-corrected chi connectivity index (χ1v) is 11.2. The lowest BCUT2D eigenvalue weighted by Crippen LogP contribution is -2.25. The number of amides is 1. The maximum absolute atomic E-state index is 12.5. The zero-order valence-corrected chi connectivity index (χ0v) is 18.1. The molecular weight excluding hydrogens is 420 g/mol. The molecule has 0 atom stereocenters. The Morgan fingerprint density at radius 1 is 1.23 bits per heavy atom. The molecule has 0 aliphatic carbocycles. The second kappa shape index (κ2) is 8.85. The number of ether oxygens (including phenoxy) is 1. The van der Waals surface area contributed by atoms with Crippen LogP contribution in [0.4, 0.5) is 16.5 Å². The molecule has 30 heavy (non-hydrogen) atoms. The fourth-order valence-corrected chi connectivity index (χ4v) is 4.53. The predicted molar refractivity (Wildman–Crippen MR) is 119 cm³/mol. The SMILES string of the molecule is CC(C)c1ccc(Nc2nnc(SCC(=O)c3ccc4c(c3)NC(=O)CO4)s2)cc1. The minimum atomic E-state index is -0.228. The van der Waals surface area contributed by atoms with Crippen LogP contribution < -0.4 is 15.4 Å². The largest absolute Gasteiger partial charge is 0.482 e. The molecule has 154 valence electrons. The summed E-state index contributed by atoms with van der Waals surface area (Å²) in [6.45, 7) is 4.31. The fraction of sp³-hybridized carbons (Fsp3) is 0.238. The van der Waals surface area contributed by atoms with Crippen LogP contribution in [0.25, 0.3) is 0 Å². The van der Waals surface area contributed by atoms with E-state index in [4.69, 9.17) is 4.74 Å². The highest BCUT2D eigenvalue weighted by Gasteiger charge is 2.18. The number of Topliss-reactive ketones (excluding diaryl/α,β-unsaturated/α-hetero) is 1. The Hall–Kier alpha value is -2.91. The van der Waals surface area contributed by atoms with E-state index in [0.29, 0.717) is 32.4 Å². The summed E-state index contributed by atoms with van der Waals surface area (Å²) in [5.74, 6) is 0.997. The Kier molecular flexibility index (Phi) is 6.01. The maximum Gasteiger partial charge on any atom is 0.262 e. The van der Waals surface area contributed by atoms with Crippen LogP contribution in [-0.4, -0.2) is 34.2 Å². The molecule has 7 nitrogen and oxygen atoms in total. The lowest BCUT2D eigenvalue weighted by Gasteiger charge is -2.18. The van der Waals surface area contributed by atoms with Crippen LogP contribution in [-0.2, 0) is 4.79 Å². The van der Waals surface area contributed by atoms with Gasteiger partial charge in [-0.15, -0.1) is 10.2 Å². The van der Waals surface area contributed by atoms with E-state index in [9.17, 15) is 9.59 Å². The van der Waals surface area contributed by atoms with Crippen LogP contribution in [0, 0.1) is 0 Å². The predicted octanol–water partition coefficient (Wildman–Crippen LogP) is 4.71. The summed E-state index contributed by atoms with van der Waals surface area (Å²) >= 11 is 2.73. The van der Waals surface area contributed by atoms with Crippen molar-refractivity contribution in [3.8, 4) is 5.75 Å². The number of benzene rings is 2. The number of anilines is 3. The fourth-order valence-electron chi connectivity index (χ4n) is 2.86. The number of nitrogens with one attached hydrogen (secondary N) is 2. The third kappa shape index (κ3) is 4.80. The molecule has 2 aromatic carbocycles. The highest BCUT2D eigenvalue weighted by Crippen LogP contribution is 2.31. The van der Waals surface area contributed by atoms with Crippen LogP contribution in [0.2, 0.25) is 0 Å². The molecule has 0 saturated heterocycles. The van der Waals surface area contributed by atoms with E-state index < -0.39 is 0 Å². The molecule has 9 heteroatoms. The minimum Gasteiger partial charge on any atom is -0.482 e. The van der Waals surface area contributed by atoms with E-state index in [1.165, 1.54) is 28.7 Å². The quantitative estimate of drug-likeness (QED) is 0.406. The summed E-state index contributed by atoms with van der Waals surface area (Å²) in [6, 6.07) is 13.3. The van der Waals surface area contributed by atoms with Gasteiger partial charge in [0.25, 0.3) is 5.91 Å². The van der Waals surface area contributed by atoms with E-state index in [-0.39, 0.29) is 24.1 Å². The number of carbonyl (C=O) groups is 2. The van der Waals surface area contributed by atoms with Gasteiger partial charge in [0.05, 0.1) is 11.4 Å². The van der Waals surface area contributed by atoms with E-state index in [2.05, 4.69) is 46.8 Å². The molecule has 1 aliphatic heterocycles. The molecule has 4 rings (SSSR count). The molecule has 0 fully saturated rings. The first-order valence-electron chi connectivity index (χ1n) is 9.41. The van der Waals surface area contributed by atoms with Gasteiger partial charge in [-0.25, -0.2) is 0 Å². The Morgan fingerprint density at radius 2 is 2.03 bits per heavy atom. The molecule has 2 N–H and O–H groups in total. The van der Waals surface area contributed by atoms with Crippen molar-refractivity contribution >= 4 is 51.3 Å². The third-order valence-electron chi connectivity index (χ3n) is 4.50. The van der Waals surface area contributed by atoms with Crippen LogP contribution >= 0.6 is 23.1 Å². The number of ketones is 1. The topological polar surface area (TPSA) is 93.2 Å². The number of carbonyl (C=O) groups excluding carboxylic acids is 2. The molecule has 1 aliphatic rings. The molecule has 0 bridgehead atoms. The van der Waals surface area contributed by atoms with Crippen LogP contribution in [0.3, 0.4) is 0 Å². The summed E-state index contributed by atoms with van der Waals surface area (Å²) in [4.78, 5) is 24.0. The molecule has 0 radical (unpaired) electrons. The average Bonchev–Trinajstić information content (AvgIpc) is 3.19. The smallest absolute Gasteiger partial charge is 0.262 e. The summed E-state index contributed by atoms with van der Waals surface area (Å²) in [5.41, 5.74) is 3.26. The third-order valence-corrected chi connectivity index (χ3v) is 6.47. The highest BCUT2D eigenvalue weighted by atomic mass is 32.2. The molecule has 0 saturated carbocycles. The van der Waals surface area contributed by atoms with Crippen molar-refractivity contribution in [1.82, 2.24) is 10.2 Å². The van der Waals surface area contributed by atoms with Gasteiger partial charge in [0.15, 0.2) is 16.7 Å². The molecule has 0 unspecified atom stereocenters. The molecule has 2 heterocycles. The van der Waals surface area contributed by atoms with Crippen LogP contribution in [0.5, 0.6) is 5.75 Å². The maximum atomic E-state index is 12.5. The number of hydrogen-bond donors (Lipinski definition) is 2.